The molecule has 1 heterocycles. The van der Waals surface area contributed by atoms with Gasteiger partial charge in [0.25, 0.3) is 11.7 Å². The van der Waals surface area contributed by atoms with Crippen molar-refractivity contribution in [1.82, 2.24) is 9.80 Å². The minimum Gasteiger partial charge on any atom is -0.507 e. The number of aliphatic hydroxyl groups excluding tert-OH is 1. The number of hydrogen-bond donors (Lipinski definition) is 1. The van der Waals surface area contributed by atoms with Gasteiger partial charge in [0, 0.05) is 18.7 Å². The van der Waals surface area contributed by atoms with Crippen molar-refractivity contribution >= 4 is 17.4 Å². The van der Waals surface area contributed by atoms with Crippen LogP contribution >= 0.6 is 0 Å². The van der Waals surface area contributed by atoms with Gasteiger partial charge in [-0.2, -0.15) is 0 Å². The van der Waals surface area contributed by atoms with E-state index < -0.39 is 17.7 Å². The molecule has 1 aliphatic rings. The Balaban J connectivity index is 1.66. The zero-order chi connectivity index (χ0) is 25.5. The number of aliphatic hydroxyl groups is 1. The molecular formula is C30H32N2O4. The molecule has 0 aliphatic carbocycles. The highest BCUT2D eigenvalue weighted by Gasteiger charge is 2.45. The molecule has 1 atom stereocenters. The summed E-state index contributed by atoms with van der Waals surface area (Å²) < 4.78 is 5.91. The van der Waals surface area contributed by atoms with Crippen LogP contribution in [0.4, 0.5) is 0 Å². The fourth-order valence-corrected chi connectivity index (χ4v) is 4.48. The maximum atomic E-state index is 13.2. The molecule has 0 bridgehead atoms. The second-order valence-corrected chi connectivity index (χ2v) is 8.73. The Morgan fingerprint density at radius 3 is 2.11 bits per heavy atom. The predicted octanol–water partition coefficient (Wildman–Crippen LogP) is 5.03. The molecule has 1 saturated heterocycles. The highest BCUT2D eigenvalue weighted by molar-refractivity contribution is 6.46. The molecule has 1 fully saturated rings. The summed E-state index contributed by atoms with van der Waals surface area (Å²) >= 11 is 0. The number of hydrogen-bond acceptors (Lipinski definition) is 5. The molecule has 0 radical (unpaired) electrons. The summed E-state index contributed by atoms with van der Waals surface area (Å²) in [5, 5.41) is 11.1. The number of ether oxygens (including phenoxy) is 1. The van der Waals surface area contributed by atoms with Crippen molar-refractivity contribution in [3.8, 4) is 5.75 Å². The zero-order valence-electron chi connectivity index (χ0n) is 20.8. The number of ketones is 1. The zero-order valence-corrected chi connectivity index (χ0v) is 20.8. The van der Waals surface area contributed by atoms with Gasteiger partial charge < -0.3 is 19.6 Å². The van der Waals surface area contributed by atoms with E-state index in [4.69, 9.17) is 4.74 Å². The second kappa shape index (κ2) is 11.7. The number of amides is 1. The van der Waals surface area contributed by atoms with Gasteiger partial charge in [-0.3, -0.25) is 9.59 Å². The fraction of sp³-hybridized carbons (Fsp3) is 0.267. The summed E-state index contributed by atoms with van der Waals surface area (Å²) in [6.07, 6.45) is 0. The average Bonchev–Trinajstić information content (AvgIpc) is 3.18. The molecule has 0 spiro atoms. The highest BCUT2D eigenvalue weighted by Crippen LogP contribution is 2.39. The SMILES string of the molecule is CCN(CC)CCN1C(=O)C(=O)C(=C(O)c2ccccc2)C1c1ccc(OCc2ccccc2)cc1. The summed E-state index contributed by atoms with van der Waals surface area (Å²) in [7, 11) is 0. The van der Waals surface area contributed by atoms with Crippen LogP contribution in [0.2, 0.25) is 0 Å². The Morgan fingerprint density at radius 2 is 1.50 bits per heavy atom. The molecule has 6 nitrogen and oxygen atoms in total. The predicted molar refractivity (Wildman–Crippen MR) is 140 cm³/mol. The Morgan fingerprint density at radius 1 is 0.889 bits per heavy atom. The van der Waals surface area contributed by atoms with Crippen LogP contribution in [0.15, 0.2) is 90.5 Å². The summed E-state index contributed by atoms with van der Waals surface area (Å²) in [4.78, 5) is 30.1. The summed E-state index contributed by atoms with van der Waals surface area (Å²) in [5.74, 6) is -0.723. The number of likely N-dealkylation sites (N-methyl/N-ethyl adjacent to an activating group) is 1. The van der Waals surface area contributed by atoms with Gasteiger partial charge in [0.15, 0.2) is 0 Å². The maximum absolute atomic E-state index is 13.2. The number of benzene rings is 3. The smallest absolute Gasteiger partial charge is 0.295 e. The molecule has 4 rings (SSSR count). The standard InChI is InChI=1S/C30H32N2O4/c1-3-31(4-2)19-20-32-27(26(29(34)30(32)35)28(33)24-13-9-6-10-14-24)23-15-17-25(18-16-23)36-21-22-11-7-5-8-12-22/h5-18,27,33H,3-4,19-21H2,1-2H3. The molecule has 186 valence electrons. The lowest BCUT2D eigenvalue weighted by atomic mass is 9.95. The molecular weight excluding hydrogens is 452 g/mol. The van der Waals surface area contributed by atoms with E-state index in [1.54, 1.807) is 29.2 Å². The molecule has 6 heteroatoms. The van der Waals surface area contributed by atoms with Crippen LogP contribution in [0, 0.1) is 0 Å². The molecule has 3 aromatic rings. The largest absolute Gasteiger partial charge is 0.507 e. The van der Waals surface area contributed by atoms with Crippen molar-refractivity contribution in [1.29, 1.82) is 0 Å². The van der Waals surface area contributed by atoms with Crippen molar-refractivity contribution in [3.05, 3.63) is 107 Å². The van der Waals surface area contributed by atoms with E-state index >= 15 is 0 Å². The number of likely N-dealkylation sites (tertiary alicyclic amines) is 1. The van der Waals surface area contributed by atoms with Crippen molar-refractivity contribution < 1.29 is 19.4 Å². The highest BCUT2D eigenvalue weighted by atomic mass is 16.5. The van der Waals surface area contributed by atoms with Gasteiger partial charge in [0.05, 0.1) is 11.6 Å². The molecule has 0 aromatic heterocycles. The van der Waals surface area contributed by atoms with Crippen LogP contribution in [-0.4, -0.2) is 52.8 Å². The minimum absolute atomic E-state index is 0.115. The van der Waals surface area contributed by atoms with E-state index in [9.17, 15) is 14.7 Å². The molecule has 3 aromatic carbocycles. The number of carbonyl (C=O) groups is 2. The first-order chi connectivity index (χ1) is 17.5. The number of rotatable bonds is 10. The van der Waals surface area contributed by atoms with Gasteiger partial charge in [-0.05, 0) is 36.3 Å². The van der Waals surface area contributed by atoms with E-state index in [1.807, 2.05) is 60.7 Å². The normalized spacial score (nSPS) is 17.1. The Labute approximate surface area is 212 Å². The fourth-order valence-electron chi connectivity index (χ4n) is 4.48. The van der Waals surface area contributed by atoms with Gasteiger partial charge in [-0.15, -0.1) is 0 Å². The van der Waals surface area contributed by atoms with E-state index in [1.165, 1.54) is 0 Å². The van der Waals surface area contributed by atoms with Crippen LogP contribution in [0.1, 0.15) is 36.6 Å². The van der Waals surface area contributed by atoms with Crippen LogP contribution < -0.4 is 4.74 Å². The molecule has 1 amide bonds. The van der Waals surface area contributed by atoms with Crippen LogP contribution in [0.5, 0.6) is 5.75 Å². The van der Waals surface area contributed by atoms with Gasteiger partial charge in [-0.25, -0.2) is 0 Å². The third kappa shape index (κ3) is 5.50. The third-order valence-electron chi connectivity index (χ3n) is 6.58. The topological polar surface area (TPSA) is 70.1 Å². The number of nitrogens with zero attached hydrogens (tertiary/aromatic N) is 2. The van der Waals surface area contributed by atoms with Crippen molar-refractivity contribution in [3.63, 3.8) is 0 Å². The van der Waals surface area contributed by atoms with Crippen LogP contribution in [0.3, 0.4) is 0 Å². The van der Waals surface area contributed by atoms with Crippen molar-refractivity contribution in [2.75, 3.05) is 26.2 Å². The molecule has 0 saturated carbocycles. The van der Waals surface area contributed by atoms with E-state index in [0.29, 0.717) is 31.0 Å². The average molecular weight is 485 g/mol. The first-order valence-corrected chi connectivity index (χ1v) is 12.4. The molecule has 1 aliphatic heterocycles. The summed E-state index contributed by atoms with van der Waals surface area (Å²) in [6, 6.07) is 25.5. The Bertz CT molecular complexity index is 1200. The lowest BCUT2D eigenvalue weighted by Gasteiger charge is -2.28. The van der Waals surface area contributed by atoms with Gasteiger partial charge in [-0.1, -0.05) is 86.6 Å². The molecule has 1 unspecified atom stereocenters. The first-order valence-electron chi connectivity index (χ1n) is 12.4. The second-order valence-electron chi connectivity index (χ2n) is 8.73. The van der Waals surface area contributed by atoms with Crippen LogP contribution in [0.25, 0.3) is 5.76 Å². The number of Topliss-reactive ketones (excluding diaryl/α,β-unsaturated/α-hetero) is 1. The maximum Gasteiger partial charge on any atom is 0.295 e. The monoisotopic (exact) mass is 484 g/mol. The molecule has 1 N–H and O–H groups in total. The van der Waals surface area contributed by atoms with E-state index in [-0.39, 0.29) is 11.3 Å². The lowest BCUT2D eigenvalue weighted by Crippen LogP contribution is -2.38. The lowest BCUT2D eigenvalue weighted by molar-refractivity contribution is -0.140. The van der Waals surface area contributed by atoms with Gasteiger partial charge >= 0.3 is 0 Å². The van der Waals surface area contributed by atoms with Crippen molar-refractivity contribution in [2.24, 2.45) is 0 Å². The number of carbonyl (C=O) groups excluding carboxylic acids is 2. The van der Waals surface area contributed by atoms with Gasteiger partial charge in [0.1, 0.15) is 18.1 Å². The third-order valence-corrected chi connectivity index (χ3v) is 6.58. The van der Waals surface area contributed by atoms with Crippen LogP contribution in [-0.2, 0) is 16.2 Å². The Hall–Kier alpha value is -3.90. The quantitative estimate of drug-likeness (QED) is 0.248. The Kier molecular flexibility index (Phi) is 8.18. The van der Waals surface area contributed by atoms with E-state index in [0.717, 1.165) is 24.2 Å². The van der Waals surface area contributed by atoms with Gasteiger partial charge in [0.2, 0.25) is 0 Å². The van der Waals surface area contributed by atoms with E-state index in [2.05, 4.69) is 18.7 Å². The summed E-state index contributed by atoms with van der Waals surface area (Å²) in [5.41, 5.74) is 2.43. The van der Waals surface area contributed by atoms with Crippen molar-refractivity contribution in [2.45, 2.75) is 26.5 Å². The molecule has 36 heavy (non-hydrogen) atoms. The summed E-state index contributed by atoms with van der Waals surface area (Å²) in [6.45, 7) is 7.30. The minimum atomic E-state index is -0.677. The first kappa shape index (κ1) is 25.2.